The van der Waals surface area contributed by atoms with Crippen molar-refractivity contribution in [3.05, 3.63) is 30.1 Å². The smallest absolute Gasteiger partial charge is 0.123 e. The molecule has 1 aliphatic carbocycles. The van der Waals surface area contributed by atoms with Crippen LogP contribution >= 0.6 is 0 Å². The average molecular weight is 291 g/mol. The van der Waals surface area contributed by atoms with E-state index in [1.54, 1.807) is 12.1 Å². The lowest BCUT2D eigenvalue weighted by Crippen LogP contribution is -2.55. The van der Waals surface area contributed by atoms with Crippen molar-refractivity contribution < 1.29 is 4.39 Å². The van der Waals surface area contributed by atoms with Gasteiger partial charge in [-0.25, -0.2) is 4.39 Å². The second-order valence-corrected chi connectivity index (χ2v) is 6.37. The highest BCUT2D eigenvalue weighted by Crippen LogP contribution is 2.24. The molecule has 3 rings (SSSR count). The molecule has 21 heavy (non-hydrogen) atoms. The van der Waals surface area contributed by atoms with Crippen molar-refractivity contribution in [3.8, 4) is 0 Å². The van der Waals surface area contributed by atoms with Crippen LogP contribution in [-0.2, 0) is 0 Å². The summed E-state index contributed by atoms with van der Waals surface area (Å²) >= 11 is 0. The summed E-state index contributed by atoms with van der Waals surface area (Å²) in [5.74, 6) is -0.165. The Balaban J connectivity index is 1.58. The molecule has 0 amide bonds. The van der Waals surface area contributed by atoms with Crippen LogP contribution < -0.4 is 10.6 Å². The van der Waals surface area contributed by atoms with E-state index < -0.39 is 0 Å². The van der Waals surface area contributed by atoms with Gasteiger partial charge in [-0.3, -0.25) is 4.90 Å². The van der Waals surface area contributed by atoms with Crippen LogP contribution in [0.4, 0.5) is 10.1 Å². The summed E-state index contributed by atoms with van der Waals surface area (Å²) in [5, 5.41) is 0. The molecule has 116 valence electrons. The first-order valence-corrected chi connectivity index (χ1v) is 8.24. The molecule has 3 nitrogen and oxygen atoms in total. The molecule has 2 atom stereocenters. The summed E-state index contributed by atoms with van der Waals surface area (Å²) in [6.45, 7) is 4.15. The summed E-state index contributed by atoms with van der Waals surface area (Å²) in [6, 6.07) is 7.74. The van der Waals surface area contributed by atoms with Gasteiger partial charge < -0.3 is 10.6 Å². The Hall–Kier alpha value is -1.13. The predicted octanol–water partition coefficient (Wildman–Crippen LogP) is 2.61. The van der Waals surface area contributed by atoms with Gasteiger partial charge in [-0.15, -0.1) is 0 Å². The fourth-order valence-electron chi connectivity index (χ4n) is 3.73. The molecule has 2 N–H and O–H groups in total. The number of nitrogens with zero attached hydrogens (tertiary/aromatic N) is 2. The number of rotatable bonds is 2. The molecule has 1 aromatic carbocycles. The van der Waals surface area contributed by atoms with Gasteiger partial charge in [-0.1, -0.05) is 19.3 Å². The van der Waals surface area contributed by atoms with Crippen LogP contribution in [0.3, 0.4) is 0 Å². The summed E-state index contributed by atoms with van der Waals surface area (Å²) in [6.07, 6.45) is 6.35. The van der Waals surface area contributed by atoms with E-state index in [1.165, 1.54) is 32.1 Å². The van der Waals surface area contributed by atoms with Crippen LogP contribution in [0, 0.1) is 5.82 Å². The Morgan fingerprint density at radius 1 is 0.905 bits per heavy atom. The van der Waals surface area contributed by atoms with Crippen LogP contribution in [0.1, 0.15) is 32.1 Å². The van der Waals surface area contributed by atoms with Crippen LogP contribution in [0.5, 0.6) is 0 Å². The maximum Gasteiger partial charge on any atom is 0.123 e. The molecular formula is C17H26FN3. The SMILES string of the molecule is NC1CCCCCC1N1CCN(c2ccc(F)cc2)CC1. The molecule has 0 aromatic heterocycles. The van der Waals surface area contributed by atoms with Gasteiger partial charge in [0.2, 0.25) is 0 Å². The van der Waals surface area contributed by atoms with Crippen molar-refractivity contribution in [3.63, 3.8) is 0 Å². The minimum Gasteiger partial charge on any atom is -0.369 e. The van der Waals surface area contributed by atoms with Gasteiger partial charge in [-0.05, 0) is 37.1 Å². The molecule has 1 saturated carbocycles. The zero-order chi connectivity index (χ0) is 14.7. The van der Waals surface area contributed by atoms with Crippen LogP contribution in [0.15, 0.2) is 24.3 Å². The third kappa shape index (κ3) is 3.55. The maximum absolute atomic E-state index is 13.0. The van der Waals surface area contributed by atoms with Crippen LogP contribution in [-0.4, -0.2) is 43.2 Å². The largest absolute Gasteiger partial charge is 0.369 e. The first-order chi connectivity index (χ1) is 10.2. The Labute approximate surface area is 126 Å². The number of anilines is 1. The van der Waals surface area contributed by atoms with Crippen molar-refractivity contribution in [2.45, 2.75) is 44.2 Å². The fraction of sp³-hybridized carbons (Fsp3) is 0.647. The third-order valence-electron chi connectivity index (χ3n) is 5.01. The third-order valence-corrected chi connectivity index (χ3v) is 5.01. The molecule has 0 spiro atoms. The lowest BCUT2D eigenvalue weighted by molar-refractivity contribution is 0.154. The standard InChI is InChI=1S/C17H26FN3/c18-14-6-8-15(9-7-14)20-10-12-21(13-11-20)17-5-3-1-2-4-16(17)19/h6-9,16-17H,1-5,10-13,19H2. The van der Waals surface area contributed by atoms with Crippen molar-refractivity contribution in [2.24, 2.45) is 5.73 Å². The van der Waals surface area contributed by atoms with E-state index in [4.69, 9.17) is 5.73 Å². The van der Waals surface area contributed by atoms with E-state index in [1.807, 2.05) is 12.1 Å². The highest BCUT2D eigenvalue weighted by molar-refractivity contribution is 5.46. The van der Waals surface area contributed by atoms with E-state index in [2.05, 4.69) is 9.80 Å². The van der Waals surface area contributed by atoms with Gasteiger partial charge in [0.1, 0.15) is 5.82 Å². The van der Waals surface area contributed by atoms with Crippen molar-refractivity contribution in [1.82, 2.24) is 4.90 Å². The topological polar surface area (TPSA) is 32.5 Å². The molecule has 4 heteroatoms. The highest BCUT2D eigenvalue weighted by atomic mass is 19.1. The molecule has 2 unspecified atom stereocenters. The average Bonchev–Trinajstić information content (AvgIpc) is 2.73. The number of hydrogen-bond donors (Lipinski definition) is 1. The molecule has 2 fully saturated rings. The van der Waals surface area contributed by atoms with E-state index in [0.717, 1.165) is 31.9 Å². The lowest BCUT2D eigenvalue weighted by Gasteiger charge is -2.41. The van der Waals surface area contributed by atoms with E-state index >= 15 is 0 Å². The molecule has 0 radical (unpaired) electrons. The van der Waals surface area contributed by atoms with Crippen molar-refractivity contribution in [1.29, 1.82) is 0 Å². The quantitative estimate of drug-likeness (QED) is 0.850. The lowest BCUT2D eigenvalue weighted by atomic mass is 10.0. The van der Waals surface area contributed by atoms with E-state index in [-0.39, 0.29) is 5.82 Å². The van der Waals surface area contributed by atoms with Gasteiger partial charge in [0.25, 0.3) is 0 Å². The van der Waals surface area contributed by atoms with Crippen LogP contribution in [0.2, 0.25) is 0 Å². The maximum atomic E-state index is 13.0. The number of hydrogen-bond acceptors (Lipinski definition) is 3. The monoisotopic (exact) mass is 291 g/mol. The molecule has 1 heterocycles. The number of nitrogens with two attached hydrogens (primary N) is 1. The first-order valence-electron chi connectivity index (χ1n) is 8.24. The van der Waals surface area contributed by atoms with Gasteiger partial charge in [-0.2, -0.15) is 0 Å². The molecule has 2 aliphatic rings. The van der Waals surface area contributed by atoms with Gasteiger partial charge in [0, 0.05) is 44.0 Å². The van der Waals surface area contributed by atoms with Gasteiger partial charge in [0.05, 0.1) is 0 Å². The Kier molecular flexibility index (Phi) is 4.76. The molecule has 1 aromatic rings. The second-order valence-electron chi connectivity index (χ2n) is 6.37. The molecule has 1 aliphatic heterocycles. The molecule has 1 saturated heterocycles. The van der Waals surface area contributed by atoms with Crippen molar-refractivity contribution >= 4 is 5.69 Å². The second kappa shape index (κ2) is 6.75. The normalized spacial score (nSPS) is 28.4. The zero-order valence-electron chi connectivity index (χ0n) is 12.7. The van der Waals surface area contributed by atoms with Crippen LogP contribution in [0.25, 0.3) is 0 Å². The summed E-state index contributed by atoms with van der Waals surface area (Å²) < 4.78 is 13.0. The van der Waals surface area contributed by atoms with E-state index in [9.17, 15) is 4.39 Å². The number of halogens is 1. The summed E-state index contributed by atoms with van der Waals surface area (Å²) in [4.78, 5) is 4.92. The minimum atomic E-state index is -0.165. The zero-order valence-corrected chi connectivity index (χ0v) is 12.7. The number of piperazine rings is 1. The predicted molar refractivity (Wildman–Crippen MR) is 85.0 cm³/mol. The number of benzene rings is 1. The Bertz CT molecular complexity index is 440. The molecule has 0 bridgehead atoms. The van der Waals surface area contributed by atoms with Gasteiger partial charge >= 0.3 is 0 Å². The Morgan fingerprint density at radius 3 is 2.29 bits per heavy atom. The first kappa shape index (κ1) is 14.8. The summed E-state index contributed by atoms with van der Waals surface area (Å²) in [5.41, 5.74) is 7.50. The van der Waals surface area contributed by atoms with Crippen molar-refractivity contribution in [2.75, 3.05) is 31.1 Å². The molecular weight excluding hydrogens is 265 g/mol. The fourth-order valence-corrected chi connectivity index (χ4v) is 3.73. The van der Waals surface area contributed by atoms with Gasteiger partial charge in [0.15, 0.2) is 0 Å². The van der Waals surface area contributed by atoms with E-state index in [0.29, 0.717) is 12.1 Å². The highest BCUT2D eigenvalue weighted by Gasteiger charge is 2.29. The Morgan fingerprint density at radius 2 is 1.57 bits per heavy atom. The summed E-state index contributed by atoms with van der Waals surface area (Å²) in [7, 11) is 0. The minimum absolute atomic E-state index is 0.165.